The van der Waals surface area contributed by atoms with E-state index in [0.29, 0.717) is 5.92 Å². The van der Waals surface area contributed by atoms with Crippen molar-refractivity contribution in [2.45, 2.75) is 33.6 Å². The van der Waals surface area contributed by atoms with Crippen LogP contribution in [0, 0.1) is 11.8 Å². The van der Waals surface area contributed by atoms with Gasteiger partial charge in [0.05, 0.1) is 12.4 Å². The number of hydrogen-bond acceptors (Lipinski definition) is 1. The van der Waals surface area contributed by atoms with E-state index >= 15 is 0 Å². The molecule has 0 saturated carbocycles. The van der Waals surface area contributed by atoms with Gasteiger partial charge in [0.2, 0.25) is 0 Å². The first-order valence-electron chi connectivity index (χ1n) is 4.53. The van der Waals surface area contributed by atoms with Gasteiger partial charge in [0.1, 0.15) is 0 Å². The maximum Gasteiger partial charge on any atom is 0.0945 e. The maximum absolute atomic E-state index is 5.60. The van der Waals surface area contributed by atoms with Gasteiger partial charge in [0.15, 0.2) is 0 Å². The fourth-order valence-electron chi connectivity index (χ4n) is 1.27. The quantitative estimate of drug-likeness (QED) is 0.564. The Hall–Kier alpha value is -0.460. The highest BCUT2D eigenvalue weighted by Gasteiger charge is 2.10. The Bertz CT molecular complexity index is 147. The van der Waals surface area contributed by atoms with Crippen LogP contribution in [0.15, 0.2) is 11.8 Å². The van der Waals surface area contributed by atoms with E-state index in [0.717, 1.165) is 12.5 Å². The lowest BCUT2D eigenvalue weighted by atomic mass is 10.0. The Morgan fingerprint density at radius 3 is 2.91 bits per heavy atom. The summed E-state index contributed by atoms with van der Waals surface area (Å²) < 4.78 is 5.60. The SMILES string of the molecule is CC1CC=C(C(C)C)OCC1. The first-order chi connectivity index (χ1) is 5.20. The Morgan fingerprint density at radius 2 is 2.27 bits per heavy atom. The minimum absolute atomic E-state index is 0.556. The zero-order valence-electron chi connectivity index (χ0n) is 7.76. The summed E-state index contributed by atoms with van der Waals surface area (Å²) in [6, 6.07) is 0. The molecule has 1 aliphatic heterocycles. The summed E-state index contributed by atoms with van der Waals surface area (Å²) in [4.78, 5) is 0. The number of rotatable bonds is 1. The van der Waals surface area contributed by atoms with Gasteiger partial charge in [0, 0.05) is 5.92 Å². The normalized spacial score (nSPS) is 25.8. The van der Waals surface area contributed by atoms with Crippen molar-refractivity contribution in [1.29, 1.82) is 0 Å². The van der Waals surface area contributed by atoms with Crippen LogP contribution < -0.4 is 0 Å². The average molecular weight is 154 g/mol. The van der Waals surface area contributed by atoms with E-state index in [1.54, 1.807) is 0 Å². The third-order valence-corrected chi connectivity index (χ3v) is 2.17. The van der Waals surface area contributed by atoms with Crippen LogP contribution in [0.25, 0.3) is 0 Å². The topological polar surface area (TPSA) is 9.23 Å². The molecule has 0 aromatic carbocycles. The zero-order valence-corrected chi connectivity index (χ0v) is 7.76. The van der Waals surface area contributed by atoms with Crippen LogP contribution in [-0.4, -0.2) is 6.61 Å². The molecule has 1 aliphatic rings. The van der Waals surface area contributed by atoms with Crippen LogP contribution in [0.1, 0.15) is 33.6 Å². The summed E-state index contributed by atoms with van der Waals surface area (Å²) in [6.45, 7) is 7.55. The van der Waals surface area contributed by atoms with Crippen molar-refractivity contribution in [3.8, 4) is 0 Å². The molecule has 0 N–H and O–H groups in total. The summed E-state index contributed by atoms with van der Waals surface area (Å²) in [5, 5.41) is 0. The fourth-order valence-corrected chi connectivity index (χ4v) is 1.27. The van der Waals surface area contributed by atoms with Gasteiger partial charge >= 0.3 is 0 Å². The van der Waals surface area contributed by atoms with Gasteiger partial charge in [-0.25, -0.2) is 0 Å². The molecule has 0 radical (unpaired) electrons. The van der Waals surface area contributed by atoms with E-state index in [-0.39, 0.29) is 0 Å². The monoisotopic (exact) mass is 154 g/mol. The minimum atomic E-state index is 0.556. The molecule has 64 valence electrons. The second kappa shape index (κ2) is 3.80. The lowest BCUT2D eigenvalue weighted by Crippen LogP contribution is -1.99. The molecule has 1 heteroatoms. The number of allylic oxidation sites excluding steroid dienone is 2. The molecule has 1 atom stereocenters. The molecule has 11 heavy (non-hydrogen) atoms. The largest absolute Gasteiger partial charge is 0.498 e. The van der Waals surface area contributed by atoms with Crippen molar-refractivity contribution < 1.29 is 4.74 Å². The van der Waals surface area contributed by atoms with Crippen LogP contribution in [-0.2, 0) is 4.74 Å². The van der Waals surface area contributed by atoms with Gasteiger partial charge in [-0.3, -0.25) is 0 Å². The molecule has 1 unspecified atom stereocenters. The third kappa shape index (κ3) is 2.57. The molecule has 0 aromatic rings. The fraction of sp³-hybridized carbons (Fsp3) is 0.800. The summed E-state index contributed by atoms with van der Waals surface area (Å²) in [5.74, 6) is 2.54. The van der Waals surface area contributed by atoms with Crippen molar-refractivity contribution in [2.24, 2.45) is 11.8 Å². The van der Waals surface area contributed by atoms with Crippen molar-refractivity contribution >= 4 is 0 Å². The zero-order chi connectivity index (χ0) is 8.27. The van der Waals surface area contributed by atoms with Crippen LogP contribution in [0.2, 0.25) is 0 Å². The predicted octanol–water partition coefficient (Wildman–Crippen LogP) is 2.97. The van der Waals surface area contributed by atoms with E-state index in [1.165, 1.54) is 18.6 Å². The van der Waals surface area contributed by atoms with Crippen molar-refractivity contribution in [3.05, 3.63) is 11.8 Å². The van der Waals surface area contributed by atoms with Gasteiger partial charge < -0.3 is 4.74 Å². The Morgan fingerprint density at radius 1 is 1.55 bits per heavy atom. The second-order valence-electron chi connectivity index (χ2n) is 3.74. The predicted molar refractivity (Wildman–Crippen MR) is 47.3 cm³/mol. The molecule has 0 bridgehead atoms. The highest BCUT2D eigenvalue weighted by molar-refractivity contribution is 4.98. The summed E-state index contributed by atoms with van der Waals surface area (Å²) in [7, 11) is 0. The maximum atomic E-state index is 5.60. The second-order valence-corrected chi connectivity index (χ2v) is 3.74. The van der Waals surface area contributed by atoms with Crippen molar-refractivity contribution in [3.63, 3.8) is 0 Å². The average Bonchev–Trinajstić information content (AvgIpc) is 2.13. The first-order valence-corrected chi connectivity index (χ1v) is 4.53. The van der Waals surface area contributed by atoms with Crippen LogP contribution >= 0.6 is 0 Å². The molecule has 0 saturated heterocycles. The lowest BCUT2D eigenvalue weighted by Gasteiger charge is -2.10. The van der Waals surface area contributed by atoms with E-state index in [1.807, 2.05) is 0 Å². The molecule has 0 aromatic heterocycles. The van der Waals surface area contributed by atoms with E-state index in [9.17, 15) is 0 Å². The summed E-state index contributed by atoms with van der Waals surface area (Å²) >= 11 is 0. The van der Waals surface area contributed by atoms with Crippen molar-refractivity contribution in [1.82, 2.24) is 0 Å². The standard InChI is InChI=1S/C10H18O/c1-8(2)10-5-4-9(3)6-7-11-10/h5,8-9H,4,6-7H2,1-3H3. The molecule has 0 fully saturated rings. The highest BCUT2D eigenvalue weighted by Crippen LogP contribution is 2.20. The summed E-state index contributed by atoms with van der Waals surface area (Å²) in [6.07, 6.45) is 4.64. The molecule has 1 rings (SSSR count). The van der Waals surface area contributed by atoms with Gasteiger partial charge in [-0.1, -0.05) is 20.8 Å². The molecule has 1 nitrogen and oxygen atoms in total. The molecule has 0 amide bonds. The minimum Gasteiger partial charge on any atom is -0.498 e. The molecule has 1 heterocycles. The van der Waals surface area contributed by atoms with Crippen LogP contribution in [0.3, 0.4) is 0 Å². The number of hydrogen-bond donors (Lipinski definition) is 0. The Labute approximate surface area is 69.4 Å². The Balaban J connectivity index is 2.51. The molecular weight excluding hydrogens is 136 g/mol. The third-order valence-electron chi connectivity index (χ3n) is 2.17. The molecular formula is C10H18O. The van der Waals surface area contributed by atoms with Gasteiger partial charge in [0.25, 0.3) is 0 Å². The van der Waals surface area contributed by atoms with Gasteiger partial charge in [-0.05, 0) is 24.8 Å². The highest BCUT2D eigenvalue weighted by atomic mass is 16.5. The molecule has 0 spiro atoms. The summed E-state index contributed by atoms with van der Waals surface area (Å²) in [5.41, 5.74) is 0. The first kappa shape index (κ1) is 8.63. The van der Waals surface area contributed by atoms with Crippen LogP contribution in [0.4, 0.5) is 0 Å². The van der Waals surface area contributed by atoms with E-state index in [2.05, 4.69) is 26.8 Å². The molecule has 0 aliphatic carbocycles. The smallest absolute Gasteiger partial charge is 0.0945 e. The lowest BCUT2D eigenvalue weighted by molar-refractivity contribution is 0.179. The van der Waals surface area contributed by atoms with E-state index < -0.39 is 0 Å². The van der Waals surface area contributed by atoms with Crippen LogP contribution in [0.5, 0.6) is 0 Å². The van der Waals surface area contributed by atoms with Crippen molar-refractivity contribution in [2.75, 3.05) is 6.61 Å². The van der Waals surface area contributed by atoms with Gasteiger partial charge in [-0.2, -0.15) is 0 Å². The van der Waals surface area contributed by atoms with E-state index in [4.69, 9.17) is 4.74 Å². The number of ether oxygens (including phenoxy) is 1. The van der Waals surface area contributed by atoms with Gasteiger partial charge in [-0.15, -0.1) is 0 Å². The Kier molecular flexibility index (Phi) is 2.98.